The molecule has 0 heterocycles. The van der Waals surface area contributed by atoms with Crippen molar-refractivity contribution in [1.82, 2.24) is 21.7 Å². The minimum atomic E-state index is -0.576. The molecule has 0 fully saturated rings. The predicted octanol–water partition coefficient (Wildman–Crippen LogP) is 7.02. The number of ether oxygens (including phenoxy) is 8. The fraction of sp³-hybridized carbons (Fsp3) is 0.391. The monoisotopic (exact) mass is 858 g/mol. The third kappa shape index (κ3) is 15.2. The van der Waals surface area contributed by atoms with Gasteiger partial charge < -0.3 is 37.9 Å². The van der Waals surface area contributed by atoms with E-state index in [1.165, 1.54) is 28.4 Å². The van der Waals surface area contributed by atoms with E-state index in [9.17, 15) is 19.2 Å². The summed E-state index contributed by atoms with van der Waals surface area (Å²) in [5, 5.41) is 0. The second-order valence-electron chi connectivity index (χ2n) is 13.8. The van der Waals surface area contributed by atoms with E-state index in [1.54, 1.807) is 72.8 Å². The number of hydrogen-bond acceptors (Lipinski definition) is 14. The maximum atomic E-state index is 12.9. The molecule has 0 bridgehead atoms. The van der Waals surface area contributed by atoms with Crippen LogP contribution in [0.1, 0.15) is 97.1 Å². The van der Waals surface area contributed by atoms with E-state index >= 15 is 0 Å². The molecule has 0 saturated heterocycles. The number of carbonyl (C=O) groups excluding carboxylic acids is 4. The predicted molar refractivity (Wildman–Crippen MR) is 231 cm³/mol. The van der Waals surface area contributed by atoms with Gasteiger partial charge in [-0.25, -0.2) is 20.4 Å². The van der Waals surface area contributed by atoms with Crippen molar-refractivity contribution in [3.8, 4) is 46.0 Å². The number of benzene rings is 4. The van der Waals surface area contributed by atoms with Gasteiger partial charge in [0.2, 0.25) is 11.8 Å². The summed E-state index contributed by atoms with van der Waals surface area (Å²) in [6, 6.07) is 19.9. The molecule has 0 spiro atoms. The van der Waals surface area contributed by atoms with Crippen LogP contribution < -0.4 is 59.6 Å². The Morgan fingerprint density at radius 1 is 0.435 bits per heavy atom. The van der Waals surface area contributed by atoms with Crippen molar-refractivity contribution in [3.05, 3.63) is 95.1 Å². The van der Waals surface area contributed by atoms with Crippen LogP contribution in [0.3, 0.4) is 0 Å². The zero-order valence-electron chi connectivity index (χ0n) is 36.3. The molecule has 16 nitrogen and oxygen atoms in total. The topological polar surface area (TPSA) is 190 Å². The lowest BCUT2D eigenvalue weighted by atomic mass is 10.1. The number of nitrogens with one attached hydrogen (secondary N) is 4. The van der Waals surface area contributed by atoms with Gasteiger partial charge in [0.1, 0.15) is 0 Å². The Bertz CT molecular complexity index is 1950. The molecule has 2 amide bonds. The summed E-state index contributed by atoms with van der Waals surface area (Å²) in [6.07, 6.45) is 6.00. The Morgan fingerprint density at radius 3 is 1.18 bits per heavy atom. The average molecular weight is 859 g/mol. The largest absolute Gasteiger partial charge is 0.493 e. The van der Waals surface area contributed by atoms with Gasteiger partial charge in [-0.05, 0) is 98.5 Å². The van der Waals surface area contributed by atoms with Crippen LogP contribution in [0.5, 0.6) is 46.0 Å². The highest BCUT2D eigenvalue weighted by Gasteiger charge is 2.18. The summed E-state index contributed by atoms with van der Waals surface area (Å²) < 4.78 is 43.8. The molecule has 0 aromatic heterocycles. The van der Waals surface area contributed by atoms with Crippen molar-refractivity contribution < 1.29 is 57.1 Å². The Labute approximate surface area is 362 Å². The van der Waals surface area contributed by atoms with E-state index in [-0.39, 0.29) is 23.3 Å². The first-order valence-electron chi connectivity index (χ1n) is 20.6. The number of unbranched alkanes of at least 4 members (excludes halogenated alkanes) is 5. The lowest BCUT2D eigenvalue weighted by Crippen LogP contribution is -2.36. The highest BCUT2D eigenvalue weighted by Crippen LogP contribution is 2.33. The van der Waals surface area contributed by atoms with E-state index in [2.05, 4.69) is 21.7 Å². The smallest absolute Gasteiger partial charge is 0.343 e. The molecule has 0 unspecified atom stereocenters. The number of methoxy groups -OCH3 is 4. The summed E-state index contributed by atoms with van der Waals surface area (Å²) in [5.74, 6) is 1.77. The van der Waals surface area contributed by atoms with Crippen LogP contribution in [-0.2, 0) is 22.7 Å². The van der Waals surface area contributed by atoms with Crippen LogP contribution in [0.4, 0.5) is 0 Å². The van der Waals surface area contributed by atoms with Crippen LogP contribution in [0.2, 0.25) is 0 Å². The first-order valence-corrected chi connectivity index (χ1v) is 20.6. The average Bonchev–Trinajstić information content (AvgIpc) is 3.28. The Morgan fingerprint density at radius 2 is 0.806 bits per heavy atom. The highest BCUT2D eigenvalue weighted by atomic mass is 16.6. The fourth-order valence-electron chi connectivity index (χ4n) is 6.17. The number of rotatable bonds is 27. The summed E-state index contributed by atoms with van der Waals surface area (Å²) in [7, 11) is 6.01. The van der Waals surface area contributed by atoms with Gasteiger partial charge in [-0.1, -0.05) is 37.8 Å². The summed E-state index contributed by atoms with van der Waals surface area (Å²) in [4.78, 5) is 50.6. The number of amides is 2. The van der Waals surface area contributed by atoms with Crippen LogP contribution in [0.15, 0.2) is 72.8 Å². The van der Waals surface area contributed by atoms with Gasteiger partial charge in [0.05, 0.1) is 52.8 Å². The Hall–Kier alpha value is -6.52. The molecule has 4 aromatic rings. The molecule has 62 heavy (non-hydrogen) atoms. The van der Waals surface area contributed by atoms with E-state index in [0.717, 1.165) is 49.7 Å². The molecule has 4 aromatic carbocycles. The maximum absolute atomic E-state index is 12.9. The molecule has 0 aliphatic rings. The van der Waals surface area contributed by atoms with Gasteiger partial charge in [0, 0.05) is 25.9 Å². The third-order valence-corrected chi connectivity index (χ3v) is 9.36. The number of esters is 2. The van der Waals surface area contributed by atoms with Crippen LogP contribution in [0.25, 0.3) is 0 Å². The minimum Gasteiger partial charge on any atom is -0.493 e. The van der Waals surface area contributed by atoms with Gasteiger partial charge in [-0.15, -0.1) is 0 Å². The standard InChI is InChI=1S/C46H58N4O12/c1-7-59-41-25-31(17-21-37(41)61-45(53)33-19-23-35(55-3)39(27-33)57-5)29-47-49-43(51)15-13-11-9-10-12-14-16-44(52)50-48-30-32-18-22-38(42(26-32)60-8-2)62-46(54)34-20-24-36(56-4)40(28-34)58-6/h17-28,47-48H,7-16,29-30H2,1-6H3,(H,49,51)(H,50,52). The van der Waals surface area contributed by atoms with Gasteiger partial charge in [0.15, 0.2) is 46.0 Å². The van der Waals surface area contributed by atoms with Crippen molar-refractivity contribution in [2.24, 2.45) is 0 Å². The molecule has 16 heteroatoms. The molecular weight excluding hydrogens is 801 g/mol. The molecule has 0 saturated carbocycles. The molecule has 0 aliphatic carbocycles. The Balaban J connectivity index is 1.07. The lowest BCUT2D eigenvalue weighted by molar-refractivity contribution is -0.123. The first-order chi connectivity index (χ1) is 30.1. The molecule has 0 radical (unpaired) electrons. The van der Waals surface area contributed by atoms with Crippen LogP contribution >= 0.6 is 0 Å². The van der Waals surface area contributed by atoms with Gasteiger partial charge in [-0.3, -0.25) is 20.4 Å². The summed E-state index contributed by atoms with van der Waals surface area (Å²) in [6.45, 7) is 5.07. The number of carbonyl (C=O) groups is 4. The normalized spacial score (nSPS) is 10.6. The van der Waals surface area contributed by atoms with E-state index in [0.29, 0.717) is 84.8 Å². The van der Waals surface area contributed by atoms with Crippen molar-refractivity contribution in [2.45, 2.75) is 78.3 Å². The van der Waals surface area contributed by atoms with Crippen molar-refractivity contribution in [3.63, 3.8) is 0 Å². The molecule has 4 N–H and O–H groups in total. The number of hydrazine groups is 2. The minimum absolute atomic E-state index is 0.112. The highest BCUT2D eigenvalue weighted by molar-refractivity contribution is 5.93. The van der Waals surface area contributed by atoms with E-state index in [4.69, 9.17) is 37.9 Å². The van der Waals surface area contributed by atoms with Crippen molar-refractivity contribution in [1.29, 1.82) is 0 Å². The number of hydrogen-bond donors (Lipinski definition) is 4. The van der Waals surface area contributed by atoms with Crippen molar-refractivity contribution >= 4 is 23.8 Å². The second kappa shape index (κ2) is 26.0. The quantitative estimate of drug-likeness (QED) is 0.0207. The van der Waals surface area contributed by atoms with Gasteiger partial charge in [-0.2, -0.15) is 0 Å². The lowest BCUT2D eigenvalue weighted by Gasteiger charge is -2.14. The van der Waals surface area contributed by atoms with Gasteiger partial charge >= 0.3 is 11.9 Å². The zero-order chi connectivity index (χ0) is 44.7. The summed E-state index contributed by atoms with van der Waals surface area (Å²) in [5.41, 5.74) is 13.6. The fourth-order valence-corrected chi connectivity index (χ4v) is 6.17. The van der Waals surface area contributed by atoms with E-state index < -0.39 is 11.9 Å². The van der Waals surface area contributed by atoms with Crippen molar-refractivity contribution in [2.75, 3.05) is 41.7 Å². The van der Waals surface area contributed by atoms with Crippen LogP contribution in [0, 0.1) is 0 Å². The molecule has 334 valence electrons. The second-order valence-corrected chi connectivity index (χ2v) is 13.8. The molecular formula is C46H58N4O12. The molecule has 0 aliphatic heterocycles. The van der Waals surface area contributed by atoms with Gasteiger partial charge in [0.25, 0.3) is 0 Å². The van der Waals surface area contributed by atoms with Crippen LogP contribution in [-0.4, -0.2) is 65.4 Å². The summed E-state index contributed by atoms with van der Waals surface area (Å²) >= 11 is 0. The SMILES string of the molecule is CCOc1cc(CNNC(=O)CCCCCCCCC(=O)NNCc2ccc(OC(=O)c3ccc(OC)c(OC)c3)c(OCC)c2)ccc1OC(=O)c1ccc(OC)c(OC)c1. The Kier molecular flexibility index (Phi) is 20.2. The van der Waals surface area contributed by atoms with E-state index in [1.807, 2.05) is 13.8 Å². The third-order valence-electron chi connectivity index (χ3n) is 9.36. The maximum Gasteiger partial charge on any atom is 0.343 e. The first kappa shape index (κ1) is 48.1. The molecule has 4 rings (SSSR count). The molecule has 0 atom stereocenters. The zero-order valence-corrected chi connectivity index (χ0v) is 36.3.